The van der Waals surface area contributed by atoms with Crippen LogP contribution in [0.15, 0.2) is 12.1 Å². The van der Waals surface area contributed by atoms with E-state index in [1.54, 1.807) is 0 Å². The maximum absolute atomic E-state index is 6.17. The van der Waals surface area contributed by atoms with Crippen LogP contribution in [0, 0.1) is 20.8 Å². The van der Waals surface area contributed by atoms with Crippen LogP contribution in [0.3, 0.4) is 0 Å². The van der Waals surface area contributed by atoms with Gasteiger partial charge in [0.25, 0.3) is 0 Å². The third-order valence-electron chi connectivity index (χ3n) is 2.82. The van der Waals surface area contributed by atoms with E-state index in [1.165, 1.54) is 16.7 Å². The average molecular weight is 250 g/mol. The second-order valence-corrected chi connectivity index (χ2v) is 4.70. The summed E-state index contributed by atoms with van der Waals surface area (Å²) in [5.41, 5.74) is 11.1. The van der Waals surface area contributed by atoms with E-state index < -0.39 is 0 Å². The van der Waals surface area contributed by atoms with Crippen molar-refractivity contribution < 1.29 is 0 Å². The topological polar surface area (TPSA) is 54.7 Å². The van der Waals surface area contributed by atoms with Crippen molar-refractivity contribution in [3.05, 3.63) is 39.8 Å². The third kappa shape index (κ3) is 2.21. The summed E-state index contributed by atoms with van der Waals surface area (Å²) < 4.78 is 0. The number of aromatic nitrogens is 2. The van der Waals surface area contributed by atoms with Crippen LogP contribution in [-0.4, -0.2) is 9.97 Å². The molecule has 17 heavy (non-hydrogen) atoms. The SMILES string of the molecule is Cc1cc(C)c(-c2nc(CN)[nH]c2Cl)c(C)c1. The summed E-state index contributed by atoms with van der Waals surface area (Å²) in [5.74, 6) is 0.712. The molecule has 2 aromatic rings. The third-order valence-corrected chi connectivity index (χ3v) is 3.09. The van der Waals surface area contributed by atoms with Crippen molar-refractivity contribution in [2.24, 2.45) is 5.73 Å². The van der Waals surface area contributed by atoms with Crippen molar-refractivity contribution in [2.45, 2.75) is 27.3 Å². The second-order valence-electron chi connectivity index (χ2n) is 4.32. The number of benzene rings is 1. The molecule has 3 nitrogen and oxygen atoms in total. The van der Waals surface area contributed by atoms with Gasteiger partial charge in [-0.05, 0) is 31.9 Å². The molecule has 1 aromatic carbocycles. The van der Waals surface area contributed by atoms with E-state index in [4.69, 9.17) is 17.3 Å². The molecule has 0 radical (unpaired) electrons. The van der Waals surface area contributed by atoms with Crippen LogP contribution >= 0.6 is 11.6 Å². The van der Waals surface area contributed by atoms with Crippen molar-refractivity contribution in [1.82, 2.24) is 9.97 Å². The fourth-order valence-electron chi connectivity index (χ4n) is 2.21. The minimum atomic E-state index is 0.365. The zero-order chi connectivity index (χ0) is 12.6. The van der Waals surface area contributed by atoms with Crippen LogP contribution in [0.25, 0.3) is 11.3 Å². The number of aromatic amines is 1. The lowest BCUT2D eigenvalue weighted by Gasteiger charge is -2.09. The van der Waals surface area contributed by atoms with Gasteiger partial charge in [0.15, 0.2) is 0 Å². The molecule has 0 fully saturated rings. The standard InChI is InChI=1S/C13H16ClN3/c1-7-4-8(2)11(9(3)5-7)12-13(14)17-10(6-15)16-12/h4-5H,6,15H2,1-3H3,(H,16,17). The highest BCUT2D eigenvalue weighted by Gasteiger charge is 2.14. The molecule has 0 aliphatic carbocycles. The first-order valence-electron chi connectivity index (χ1n) is 5.55. The lowest BCUT2D eigenvalue weighted by Crippen LogP contribution is -1.98. The van der Waals surface area contributed by atoms with Gasteiger partial charge >= 0.3 is 0 Å². The number of nitrogens with zero attached hydrogens (tertiary/aromatic N) is 1. The molecule has 0 spiro atoms. The number of halogens is 1. The highest BCUT2D eigenvalue weighted by atomic mass is 35.5. The fraction of sp³-hybridized carbons (Fsp3) is 0.308. The molecule has 0 atom stereocenters. The number of rotatable bonds is 2. The number of hydrogen-bond donors (Lipinski definition) is 2. The van der Waals surface area contributed by atoms with Crippen LogP contribution in [0.2, 0.25) is 5.15 Å². The van der Waals surface area contributed by atoms with Gasteiger partial charge in [-0.25, -0.2) is 4.98 Å². The van der Waals surface area contributed by atoms with Gasteiger partial charge in [-0.1, -0.05) is 29.3 Å². The summed E-state index contributed by atoms with van der Waals surface area (Å²) in [6.45, 7) is 6.59. The fourth-order valence-corrected chi connectivity index (χ4v) is 2.46. The molecule has 0 aliphatic rings. The molecule has 0 bridgehead atoms. The maximum Gasteiger partial charge on any atom is 0.134 e. The van der Waals surface area contributed by atoms with Gasteiger partial charge in [0.2, 0.25) is 0 Å². The van der Waals surface area contributed by atoms with Crippen LogP contribution < -0.4 is 5.73 Å². The molecule has 4 heteroatoms. The molecular formula is C13H16ClN3. The molecule has 2 rings (SSSR count). The van der Waals surface area contributed by atoms with E-state index in [0.29, 0.717) is 17.5 Å². The average Bonchev–Trinajstić information content (AvgIpc) is 2.59. The zero-order valence-corrected chi connectivity index (χ0v) is 11.0. The molecule has 90 valence electrons. The first-order chi connectivity index (χ1) is 8.02. The molecule has 0 saturated heterocycles. The van der Waals surface area contributed by atoms with Crippen molar-refractivity contribution >= 4 is 11.6 Å². The Labute approximate surface area is 106 Å². The predicted octanol–water partition coefficient (Wildman–Crippen LogP) is 3.11. The summed E-state index contributed by atoms with van der Waals surface area (Å²) in [7, 11) is 0. The Hall–Kier alpha value is -1.32. The lowest BCUT2D eigenvalue weighted by atomic mass is 9.98. The van der Waals surface area contributed by atoms with Gasteiger partial charge in [-0.3, -0.25) is 0 Å². The summed E-state index contributed by atoms with van der Waals surface area (Å²) in [4.78, 5) is 7.43. The lowest BCUT2D eigenvalue weighted by molar-refractivity contribution is 0.950. The zero-order valence-electron chi connectivity index (χ0n) is 10.3. The Kier molecular flexibility index (Phi) is 3.22. The largest absolute Gasteiger partial charge is 0.331 e. The molecule has 0 amide bonds. The van der Waals surface area contributed by atoms with E-state index in [2.05, 4.69) is 42.9 Å². The normalized spacial score (nSPS) is 10.9. The van der Waals surface area contributed by atoms with E-state index in [0.717, 1.165) is 11.3 Å². The summed E-state index contributed by atoms with van der Waals surface area (Å²) in [6.07, 6.45) is 0. The summed E-state index contributed by atoms with van der Waals surface area (Å²) in [5, 5.41) is 0.556. The van der Waals surface area contributed by atoms with E-state index in [-0.39, 0.29) is 0 Å². The van der Waals surface area contributed by atoms with Crippen LogP contribution in [0.5, 0.6) is 0 Å². The Morgan fingerprint density at radius 1 is 1.24 bits per heavy atom. The number of nitrogens with two attached hydrogens (primary N) is 1. The molecule has 0 aliphatic heterocycles. The van der Waals surface area contributed by atoms with Gasteiger partial charge in [-0.2, -0.15) is 0 Å². The molecular weight excluding hydrogens is 234 g/mol. The van der Waals surface area contributed by atoms with Crippen LogP contribution in [0.1, 0.15) is 22.5 Å². The Morgan fingerprint density at radius 3 is 2.29 bits per heavy atom. The molecule has 0 unspecified atom stereocenters. The number of nitrogens with one attached hydrogen (secondary N) is 1. The Morgan fingerprint density at radius 2 is 1.82 bits per heavy atom. The highest BCUT2D eigenvalue weighted by molar-refractivity contribution is 6.32. The van der Waals surface area contributed by atoms with Crippen LogP contribution in [-0.2, 0) is 6.54 Å². The number of H-pyrrole nitrogens is 1. The molecule has 1 aromatic heterocycles. The number of imidazole rings is 1. The highest BCUT2D eigenvalue weighted by Crippen LogP contribution is 2.31. The van der Waals surface area contributed by atoms with Gasteiger partial charge in [0.1, 0.15) is 16.7 Å². The first kappa shape index (κ1) is 12.1. The number of hydrogen-bond acceptors (Lipinski definition) is 2. The van der Waals surface area contributed by atoms with Gasteiger partial charge in [-0.15, -0.1) is 0 Å². The minimum Gasteiger partial charge on any atom is -0.331 e. The van der Waals surface area contributed by atoms with Crippen molar-refractivity contribution in [3.8, 4) is 11.3 Å². The van der Waals surface area contributed by atoms with Crippen molar-refractivity contribution in [1.29, 1.82) is 0 Å². The first-order valence-corrected chi connectivity index (χ1v) is 5.93. The van der Waals surface area contributed by atoms with Crippen molar-refractivity contribution in [3.63, 3.8) is 0 Å². The van der Waals surface area contributed by atoms with E-state index >= 15 is 0 Å². The Bertz CT molecular complexity index is 535. The van der Waals surface area contributed by atoms with E-state index in [1.807, 2.05) is 0 Å². The molecule has 0 saturated carbocycles. The quantitative estimate of drug-likeness (QED) is 0.859. The smallest absolute Gasteiger partial charge is 0.134 e. The van der Waals surface area contributed by atoms with E-state index in [9.17, 15) is 0 Å². The number of aryl methyl sites for hydroxylation is 3. The molecule has 1 heterocycles. The monoisotopic (exact) mass is 249 g/mol. The van der Waals surface area contributed by atoms with Crippen LogP contribution in [0.4, 0.5) is 0 Å². The second kappa shape index (κ2) is 4.51. The summed E-state index contributed by atoms with van der Waals surface area (Å²) >= 11 is 6.17. The summed E-state index contributed by atoms with van der Waals surface area (Å²) in [6, 6.07) is 4.27. The van der Waals surface area contributed by atoms with Crippen molar-refractivity contribution in [2.75, 3.05) is 0 Å². The minimum absolute atomic E-state index is 0.365. The Balaban J connectivity index is 2.63. The predicted molar refractivity (Wildman–Crippen MR) is 71.1 cm³/mol. The maximum atomic E-state index is 6.17. The van der Waals surface area contributed by atoms with Gasteiger partial charge in [0, 0.05) is 5.56 Å². The molecule has 3 N–H and O–H groups in total. The van der Waals surface area contributed by atoms with Gasteiger partial charge in [0.05, 0.1) is 6.54 Å². The van der Waals surface area contributed by atoms with Gasteiger partial charge < -0.3 is 10.7 Å².